The molecule has 0 radical (unpaired) electrons. The third-order valence-corrected chi connectivity index (χ3v) is 5.80. The molecule has 0 aromatic heterocycles. The van der Waals surface area contributed by atoms with Gasteiger partial charge in [0.2, 0.25) is 5.91 Å². The normalized spacial score (nSPS) is 11.5. The average molecular weight is 491 g/mol. The first kappa shape index (κ1) is 24.7. The van der Waals surface area contributed by atoms with E-state index in [1.165, 1.54) is 0 Å². The van der Waals surface area contributed by atoms with E-state index in [0.29, 0.717) is 24.5 Å². The second-order valence-electron chi connectivity index (χ2n) is 7.29. The number of nitrogens with zero attached hydrogens (tertiary/aromatic N) is 1. The van der Waals surface area contributed by atoms with E-state index in [1.807, 2.05) is 63.2 Å². The van der Waals surface area contributed by atoms with Crippen molar-refractivity contribution in [2.75, 3.05) is 20.3 Å². The maximum absolute atomic E-state index is 13.2. The summed E-state index contributed by atoms with van der Waals surface area (Å²) in [6.07, 6.45) is 1.33. The first-order valence-corrected chi connectivity index (χ1v) is 11.3. The van der Waals surface area contributed by atoms with Crippen LogP contribution in [0.5, 0.6) is 11.5 Å². The second kappa shape index (κ2) is 12.3. The monoisotopic (exact) mass is 490 g/mol. The van der Waals surface area contributed by atoms with Crippen molar-refractivity contribution in [2.45, 2.75) is 46.2 Å². The Hall–Kier alpha value is -2.54. The lowest BCUT2D eigenvalue weighted by molar-refractivity contribution is -0.143. The van der Waals surface area contributed by atoms with E-state index in [1.54, 1.807) is 12.0 Å². The Morgan fingerprint density at radius 1 is 1.13 bits per heavy atom. The Kier molecular flexibility index (Phi) is 9.85. The van der Waals surface area contributed by atoms with E-state index in [2.05, 4.69) is 21.2 Å². The molecule has 6 nitrogen and oxygen atoms in total. The van der Waals surface area contributed by atoms with Crippen molar-refractivity contribution >= 4 is 27.7 Å². The molecule has 2 rings (SSSR count). The van der Waals surface area contributed by atoms with Crippen molar-refractivity contribution in [1.29, 1.82) is 0 Å². The van der Waals surface area contributed by atoms with Gasteiger partial charge in [-0.2, -0.15) is 0 Å². The van der Waals surface area contributed by atoms with Gasteiger partial charge in [0, 0.05) is 17.6 Å². The minimum atomic E-state index is -0.583. The summed E-state index contributed by atoms with van der Waals surface area (Å²) in [6, 6.07) is 12.5. The number of hydrogen-bond acceptors (Lipinski definition) is 4. The third kappa shape index (κ3) is 7.28. The number of rotatable bonds is 11. The number of amides is 2. The summed E-state index contributed by atoms with van der Waals surface area (Å²) in [5.41, 5.74) is 1.90. The Bertz CT molecular complexity index is 888. The molecule has 1 atom stereocenters. The van der Waals surface area contributed by atoms with Gasteiger partial charge in [0.1, 0.15) is 17.5 Å². The first-order chi connectivity index (χ1) is 14.9. The number of ether oxygens (including phenoxy) is 2. The van der Waals surface area contributed by atoms with Gasteiger partial charge in [-0.3, -0.25) is 9.59 Å². The predicted octanol–water partition coefficient (Wildman–Crippen LogP) is 4.48. The van der Waals surface area contributed by atoms with Crippen molar-refractivity contribution in [3.05, 3.63) is 58.1 Å². The smallest absolute Gasteiger partial charge is 0.261 e. The lowest BCUT2D eigenvalue weighted by Crippen LogP contribution is -2.50. The Morgan fingerprint density at radius 3 is 2.55 bits per heavy atom. The maximum atomic E-state index is 13.2. The van der Waals surface area contributed by atoms with Gasteiger partial charge >= 0.3 is 0 Å². The fourth-order valence-corrected chi connectivity index (χ4v) is 3.43. The highest BCUT2D eigenvalue weighted by atomic mass is 79.9. The number of methoxy groups -OCH3 is 1. The van der Waals surface area contributed by atoms with Gasteiger partial charge in [0.05, 0.1) is 7.11 Å². The van der Waals surface area contributed by atoms with Gasteiger partial charge in [-0.05, 0) is 61.2 Å². The lowest BCUT2D eigenvalue weighted by atomic mass is 10.1. The molecular weight excluding hydrogens is 460 g/mol. The van der Waals surface area contributed by atoms with Crippen LogP contribution in [0.2, 0.25) is 0 Å². The van der Waals surface area contributed by atoms with Crippen LogP contribution in [0.15, 0.2) is 46.9 Å². The Labute approximate surface area is 193 Å². The van der Waals surface area contributed by atoms with Gasteiger partial charge < -0.3 is 19.7 Å². The van der Waals surface area contributed by atoms with Crippen LogP contribution in [-0.4, -0.2) is 43.0 Å². The van der Waals surface area contributed by atoms with Crippen LogP contribution in [0.3, 0.4) is 0 Å². The molecule has 31 heavy (non-hydrogen) atoms. The number of halogens is 1. The molecule has 168 valence electrons. The molecule has 2 aromatic carbocycles. The van der Waals surface area contributed by atoms with Crippen LogP contribution in [0.4, 0.5) is 0 Å². The zero-order chi connectivity index (χ0) is 22.8. The summed E-state index contributed by atoms with van der Waals surface area (Å²) in [5, 5.41) is 2.91. The largest absolute Gasteiger partial charge is 0.497 e. The summed E-state index contributed by atoms with van der Waals surface area (Å²) < 4.78 is 12.0. The fraction of sp³-hybridized carbons (Fsp3) is 0.417. The molecule has 0 fully saturated rings. The Balaban J connectivity index is 2.22. The molecule has 0 aliphatic carbocycles. The Morgan fingerprint density at radius 2 is 1.90 bits per heavy atom. The maximum Gasteiger partial charge on any atom is 0.261 e. The summed E-state index contributed by atoms with van der Waals surface area (Å²) in [7, 11) is 1.60. The lowest BCUT2D eigenvalue weighted by Gasteiger charge is -2.30. The molecule has 0 aliphatic rings. The molecule has 0 aliphatic heterocycles. The second-order valence-corrected chi connectivity index (χ2v) is 8.14. The van der Waals surface area contributed by atoms with Gasteiger partial charge in [0.15, 0.2) is 6.61 Å². The summed E-state index contributed by atoms with van der Waals surface area (Å²) in [4.78, 5) is 27.5. The summed E-state index contributed by atoms with van der Waals surface area (Å²) in [6.45, 7) is 6.57. The van der Waals surface area contributed by atoms with E-state index in [0.717, 1.165) is 22.0 Å². The first-order valence-electron chi connectivity index (χ1n) is 10.5. The SMILES string of the molecule is CCCNC(=O)[C@@H](CC)N(Cc1cccc(OC)c1)C(=O)COc1ccc(Br)c(C)c1. The molecule has 0 bridgehead atoms. The number of benzene rings is 2. The molecule has 0 heterocycles. The van der Waals surface area contributed by atoms with Gasteiger partial charge in [-0.15, -0.1) is 0 Å². The minimum absolute atomic E-state index is 0.150. The van der Waals surface area contributed by atoms with Gasteiger partial charge in [-0.1, -0.05) is 41.9 Å². The molecule has 2 amide bonds. The number of carbonyl (C=O) groups is 2. The third-order valence-electron chi connectivity index (χ3n) is 4.91. The molecule has 0 unspecified atom stereocenters. The molecular formula is C24H31BrN2O4. The van der Waals surface area contributed by atoms with Crippen molar-refractivity contribution in [2.24, 2.45) is 0 Å². The highest BCUT2D eigenvalue weighted by Crippen LogP contribution is 2.22. The summed E-state index contributed by atoms with van der Waals surface area (Å²) in [5.74, 6) is 0.913. The van der Waals surface area contributed by atoms with Crippen LogP contribution in [0, 0.1) is 6.92 Å². The van der Waals surface area contributed by atoms with E-state index in [9.17, 15) is 9.59 Å². The zero-order valence-corrected chi connectivity index (χ0v) is 20.2. The van der Waals surface area contributed by atoms with Crippen molar-refractivity contribution in [1.82, 2.24) is 10.2 Å². The van der Waals surface area contributed by atoms with Crippen LogP contribution >= 0.6 is 15.9 Å². The number of nitrogens with one attached hydrogen (secondary N) is 1. The molecule has 0 spiro atoms. The van der Waals surface area contributed by atoms with E-state index in [4.69, 9.17) is 9.47 Å². The van der Waals surface area contributed by atoms with Crippen molar-refractivity contribution < 1.29 is 19.1 Å². The molecule has 0 saturated carbocycles. The van der Waals surface area contributed by atoms with E-state index in [-0.39, 0.29) is 25.0 Å². The standard InChI is InChI=1S/C24H31BrN2O4/c1-5-12-26-24(29)22(6-2)27(15-18-8-7-9-19(14-18)30-4)23(28)16-31-20-10-11-21(25)17(3)13-20/h7-11,13-14,22H,5-6,12,15-16H2,1-4H3,(H,26,29)/t22-/m1/s1. The highest BCUT2D eigenvalue weighted by Gasteiger charge is 2.28. The fourth-order valence-electron chi connectivity index (χ4n) is 3.19. The average Bonchev–Trinajstić information content (AvgIpc) is 2.78. The van der Waals surface area contributed by atoms with Crippen LogP contribution < -0.4 is 14.8 Å². The van der Waals surface area contributed by atoms with Gasteiger partial charge in [-0.25, -0.2) is 0 Å². The molecule has 2 aromatic rings. The highest BCUT2D eigenvalue weighted by molar-refractivity contribution is 9.10. The van der Waals surface area contributed by atoms with Crippen LogP contribution in [-0.2, 0) is 16.1 Å². The van der Waals surface area contributed by atoms with Crippen LogP contribution in [0.1, 0.15) is 37.8 Å². The van der Waals surface area contributed by atoms with Gasteiger partial charge in [0.25, 0.3) is 5.91 Å². The number of aryl methyl sites for hydroxylation is 1. The van der Waals surface area contributed by atoms with Crippen molar-refractivity contribution in [3.8, 4) is 11.5 Å². The molecule has 0 saturated heterocycles. The number of hydrogen-bond donors (Lipinski definition) is 1. The summed E-state index contributed by atoms with van der Waals surface area (Å²) >= 11 is 3.46. The van der Waals surface area contributed by atoms with Crippen molar-refractivity contribution in [3.63, 3.8) is 0 Å². The quantitative estimate of drug-likeness (QED) is 0.504. The molecule has 7 heteroatoms. The minimum Gasteiger partial charge on any atom is -0.497 e. The zero-order valence-electron chi connectivity index (χ0n) is 18.6. The predicted molar refractivity (Wildman–Crippen MR) is 125 cm³/mol. The topological polar surface area (TPSA) is 67.9 Å². The number of carbonyl (C=O) groups excluding carboxylic acids is 2. The van der Waals surface area contributed by atoms with Crippen LogP contribution in [0.25, 0.3) is 0 Å². The molecule has 1 N–H and O–H groups in total. The van der Waals surface area contributed by atoms with E-state index >= 15 is 0 Å². The van der Waals surface area contributed by atoms with E-state index < -0.39 is 6.04 Å².